The fourth-order valence-electron chi connectivity index (χ4n) is 1.96. The third-order valence-corrected chi connectivity index (χ3v) is 3.55. The molecule has 19 heavy (non-hydrogen) atoms. The number of carbonyl (C=O) groups excluding carboxylic acids is 2. The number of hydrogen-bond acceptors (Lipinski definition) is 3. The quantitative estimate of drug-likeness (QED) is 0.635. The molecule has 5 heteroatoms. The van der Waals surface area contributed by atoms with Crippen LogP contribution in [-0.4, -0.2) is 49.9 Å². The van der Waals surface area contributed by atoms with Crippen molar-refractivity contribution in [3.05, 3.63) is 0 Å². The molecule has 5 nitrogen and oxygen atoms in total. The van der Waals surface area contributed by atoms with Crippen molar-refractivity contribution in [2.45, 2.75) is 39.2 Å². The maximum Gasteiger partial charge on any atom is 0.224 e. The van der Waals surface area contributed by atoms with Gasteiger partial charge in [-0.3, -0.25) is 9.59 Å². The van der Waals surface area contributed by atoms with Crippen molar-refractivity contribution in [1.82, 2.24) is 15.5 Å². The molecule has 0 aromatic heterocycles. The molecular formula is C14H27N3O2. The van der Waals surface area contributed by atoms with Gasteiger partial charge >= 0.3 is 0 Å². The van der Waals surface area contributed by atoms with Gasteiger partial charge in [0.1, 0.15) is 0 Å². The minimum Gasteiger partial charge on any atom is -0.356 e. The fourth-order valence-corrected chi connectivity index (χ4v) is 1.96. The maximum atomic E-state index is 11.8. The SMILES string of the molecule is CCC(C)NC(=O)C1CC1C(=O)NCCCN(C)C. The minimum absolute atomic E-state index is 0.0304. The fraction of sp³-hybridized carbons (Fsp3) is 0.857. The molecular weight excluding hydrogens is 242 g/mol. The second-order valence-corrected chi connectivity index (χ2v) is 5.71. The van der Waals surface area contributed by atoms with Gasteiger partial charge in [-0.05, 0) is 46.8 Å². The third kappa shape index (κ3) is 5.59. The van der Waals surface area contributed by atoms with Crippen molar-refractivity contribution >= 4 is 11.8 Å². The molecule has 2 amide bonds. The van der Waals surface area contributed by atoms with E-state index >= 15 is 0 Å². The first-order valence-electron chi connectivity index (χ1n) is 7.18. The van der Waals surface area contributed by atoms with Gasteiger partial charge in [0, 0.05) is 12.6 Å². The Kier molecular flexibility index (Phi) is 6.28. The monoisotopic (exact) mass is 269 g/mol. The first-order valence-corrected chi connectivity index (χ1v) is 7.18. The first kappa shape index (κ1) is 16.0. The number of rotatable bonds is 8. The lowest BCUT2D eigenvalue weighted by atomic mass is 10.2. The summed E-state index contributed by atoms with van der Waals surface area (Å²) in [6, 6.07) is 0.192. The molecule has 0 saturated heterocycles. The Morgan fingerprint density at radius 3 is 2.47 bits per heavy atom. The van der Waals surface area contributed by atoms with E-state index in [0.717, 1.165) is 19.4 Å². The van der Waals surface area contributed by atoms with Gasteiger partial charge in [-0.2, -0.15) is 0 Å². The topological polar surface area (TPSA) is 61.4 Å². The highest BCUT2D eigenvalue weighted by atomic mass is 16.2. The van der Waals surface area contributed by atoms with E-state index in [2.05, 4.69) is 15.5 Å². The zero-order valence-corrected chi connectivity index (χ0v) is 12.5. The van der Waals surface area contributed by atoms with E-state index in [4.69, 9.17) is 0 Å². The summed E-state index contributed by atoms with van der Waals surface area (Å²) in [5, 5.41) is 5.84. The molecule has 1 rings (SSSR count). The predicted octanol–water partition coefficient (Wildman–Crippen LogP) is 0.605. The molecule has 3 atom stereocenters. The van der Waals surface area contributed by atoms with Gasteiger partial charge in [0.15, 0.2) is 0 Å². The highest BCUT2D eigenvalue weighted by Crippen LogP contribution is 2.38. The van der Waals surface area contributed by atoms with Gasteiger partial charge in [-0.25, -0.2) is 0 Å². The molecule has 0 aromatic rings. The van der Waals surface area contributed by atoms with E-state index in [1.54, 1.807) is 0 Å². The number of amides is 2. The molecule has 1 fully saturated rings. The average Bonchev–Trinajstić information content (AvgIpc) is 3.14. The normalized spacial score (nSPS) is 23.0. The lowest BCUT2D eigenvalue weighted by Gasteiger charge is -2.11. The van der Waals surface area contributed by atoms with E-state index in [1.807, 2.05) is 27.9 Å². The molecule has 0 heterocycles. The first-order chi connectivity index (χ1) is 8.95. The summed E-state index contributed by atoms with van der Waals surface area (Å²) in [7, 11) is 4.02. The molecule has 0 spiro atoms. The van der Waals surface area contributed by atoms with Crippen molar-refractivity contribution < 1.29 is 9.59 Å². The Morgan fingerprint density at radius 1 is 1.26 bits per heavy atom. The zero-order valence-electron chi connectivity index (χ0n) is 12.5. The molecule has 3 unspecified atom stereocenters. The predicted molar refractivity (Wildman–Crippen MR) is 75.7 cm³/mol. The smallest absolute Gasteiger partial charge is 0.224 e. The van der Waals surface area contributed by atoms with Crippen molar-refractivity contribution in [2.75, 3.05) is 27.2 Å². The van der Waals surface area contributed by atoms with Crippen LogP contribution in [0.4, 0.5) is 0 Å². The Hall–Kier alpha value is -1.10. The molecule has 2 N–H and O–H groups in total. The third-order valence-electron chi connectivity index (χ3n) is 3.55. The zero-order chi connectivity index (χ0) is 14.4. The number of hydrogen-bond donors (Lipinski definition) is 2. The second-order valence-electron chi connectivity index (χ2n) is 5.71. The van der Waals surface area contributed by atoms with Crippen LogP contribution in [0.5, 0.6) is 0 Å². The standard InChI is InChI=1S/C14H27N3O2/c1-5-10(2)16-14(19)12-9-11(12)13(18)15-7-6-8-17(3)4/h10-12H,5-9H2,1-4H3,(H,15,18)(H,16,19). The molecule has 110 valence electrons. The average molecular weight is 269 g/mol. The van der Waals surface area contributed by atoms with Gasteiger partial charge in [-0.1, -0.05) is 6.92 Å². The van der Waals surface area contributed by atoms with Gasteiger partial charge in [-0.15, -0.1) is 0 Å². The van der Waals surface area contributed by atoms with Crippen LogP contribution in [0.3, 0.4) is 0 Å². The van der Waals surface area contributed by atoms with Crippen molar-refractivity contribution in [2.24, 2.45) is 11.8 Å². The number of nitrogens with zero attached hydrogens (tertiary/aromatic N) is 1. The summed E-state index contributed by atoms with van der Waals surface area (Å²) < 4.78 is 0. The molecule has 0 radical (unpaired) electrons. The molecule has 1 saturated carbocycles. The maximum absolute atomic E-state index is 11.8. The molecule has 0 aliphatic heterocycles. The van der Waals surface area contributed by atoms with Gasteiger partial charge < -0.3 is 15.5 Å². The van der Waals surface area contributed by atoms with Crippen LogP contribution in [0.1, 0.15) is 33.1 Å². The van der Waals surface area contributed by atoms with Crippen LogP contribution in [0.2, 0.25) is 0 Å². The molecule has 1 aliphatic carbocycles. The van der Waals surface area contributed by atoms with Gasteiger partial charge in [0.25, 0.3) is 0 Å². The van der Waals surface area contributed by atoms with E-state index in [0.29, 0.717) is 13.0 Å². The Balaban J connectivity index is 2.17. The minimum atomic E-state index is -0.108. The van der Waals surface area contributed by atoms with Crippen LogP contribution in [0.15, 0.2) is 0 Å². The van der Waals surface area contributed by atoms with Gasteiger partial charge in [0.05, 0.1) is 11.8 Å². The van der Waals surface area contributed by atoms with Crippen LogP contribution < -0.4 is 10.6 Å². The van der Waals surface area contributed by atoms with Crippen LogP contribution in [0, 0.1) is 11.8 Å². The van der Waals surface area contributed by atoms with E-state index in [9.17, 15) is 9.59 Å². The van der Waals surface area contributed by atoms with Crippen LogP contribution >= 0.6 is 0 Å². The van der Waals surface area contributed by atoms with Crippen molar-refractivity contribution in [1.29, 1.82) is 0 Å². The summed E-state index contributed by atoms with van der Waals surface area (Å²) in [4.78, 5) is 25.7. The number of carbonyl (C=O) groups is 2. The van der Waals surface area contributed by atoms with Crippen LogP contribution in [0.25, 0.3) is 0 Å². The lowest BCUT2D eigenvalue weighted by Crippen LogP contribution is -2.35. The molecule has 0 aromatic carbocycles. The summed E-state index contributed by atoms with van der Waals surface area (Å²) in [5.41, 5.74) is 0. The summed E-state index contributed by atoms with van der Waals surface area (Å²) in [5.74, 6) is -0.155. The van der Waals surface area contributed by atoms with E-state index in [-0.39, 0.29) is 29.7 Å². The van der Waals surface area contributed by atoms with Crippen molar-refractivity contribution in [3.8, 4) is 0 Å². The Bertz CT molecular complexity index is 318. The summed E-state index contributed by atoms with van der Waals surface area (Å²) in [6.07, 6.45) is 2.55. The second kappa shape index (κ2) is 7.48. The Morgan fingerprint density at radius 2 is 1.89 bits per heavy atom. The summed E-state index contributed by atoms with van der Waals surface area (Å²) in [6.45, 7) is 5.67. The lowest BCUT2D eigenvalue weighted by molar-refractivity contribution is -0.127. The molecule has 0 bridgehead atoms. The summed E-state index contributed by atoms with van der Waals surface area (Å²) >= 11 is 0. The van der Waals surface area contributed by atoms with Crippen LogP contribution in [-0.2, 0) is 9.59 Å². The largest absolute Gasteiger partial charge is 0.356 e. The Labute approximate surface area is 116 Å². The highest BCUT2D eigenvalue weighted by Gasteiger charge is 2.47. The van der Waals surface area contributed by atoms with E-state index < -0.39 is 0 Å². The molecule has 1 aliphatic rings. The van der Waals surface area contributed by atoms with E-state index in [1.165, 1.54) is 0 Å². The highest BCUT2D eigenvalue weighted by molar-refractivity contribution is 5.92. The number of nitrogens with one attached hydrogen (secondary N) is 2. The van der Waals surface area contributed by atoms with Crippen molar-refractivity contribution in [3.63, 3.8) is 0 Å². The van der Waals surface area contributed by atoms with Gasteiger partial charge in [0.2, 0.25) is 11.8 Å².